The van der Waals surface area contributed by atoms with Gasteiger partial charge in [-0.1, -0.05) is 11.6 Å². The fourth-order valence-electron chi connectivity index (χ4n) is 3.19. The summed E-state index contributed by atoms with van der Waals surface area (Å²) in [7, 11) is 0. The molecule has 1 aliphatic rings. The molecule has 166 valence electrons. The van der Waals surface area contributed by atoms with Gasteiger partial charge in [-0.3, -0.25) is 4.79 Å². The maximum Gasteiger partial charge on any atom is 0.359 e. The summed E-state index contributed by atoms with van der Waals surface area (Å²) in [5.74, 6) is 0.263. The van der Waals surface area contributed by atoms with Gasteiger partial charge in [0.05, 0.1) is 23.9 Å². The molecule has 0 unspecified atom stereocenters. The van der Waals surface area contributed by atoms with E-state index in [-0.39, 0.29) is 10.7 Å². The van der Waals surface area contributed by atoms with Gasteiger partial charge in [-0.15, -0.1) is 0 Å². The number of carbonyl (C=O) groups is 2. The molecule has 9 nitrogen and oxygen atoms in total. The lowest BCUT2D eigenvalue weighted by molar-refractivity contribution is -0.119. The number of pyridine rings is 1. The fraction of sp³-hybridized carbons (Fsp3) is 0.273. The van der Waals surface area contributed by atoms with Gasteiger partial charge >= 0.3 is 5.97 Å². The maximum atomic E-state index is 12.5. The third-order valence-corrected chi connectivity index (χ3v) is 4.92. The lowest BCUT2D eigenvalue weighted by Gasteiger charge is -2.11. The number of ether oxygens (including phenoxy) is 3. The number of halogens is 1. The molecule has 1 aromatic carbocycles. The van der Waals surface area contributed by atoms with Crippen molar-refractivity contribution in [2.45, 2.75) is 20.3 Å². The molecule has 3 heterocycles. The summed E-state index contributed by atoms with van der Waals surface area (Å²) in [6.45, 7) is 4.34. The zero-order valence-corrected chi connectivity index (χ0v) is 18.3. The molecule has 0 atom stereocenters. The topological polar surface area (TPSA) is 105 Å². The van der Waals surface area contributed by atoms with Crippen LogP contribution in [-0.4, -0.2) is 46.5 Å². The van der Waals surface area contributed by atoms with Crippen molar-refractivity contribution in [1.82, 2.24) is 14.8 Å². The summed E-state index contributed by atoms with van der Waals surface area (Å²) < 4.78 is 17.9. The van der Waals surface area contributed by atoms with Crippen LogP contribution < -0.4 is 14.8 Å². The Morgan fingerprint density at radius 1 is 1.12 bits per heavy atom. The molecule has 0 saturated carbocycles. The Morgan fingerprint density at radius 2 is 1.91 bits per heavy atom. The largest absolute Gasteiger partial charge is 0.490 e. The van der Waals surface area contributed by atoms with Gasteiger partial charge in [0.2, 0.25) is 0 Å². The Bertz CT molecular complexity index is 1180. The van der Waals surface area contributed by atoms with E-state index in [9.17, 15) is 9.59 Å². The molecular weight excluding hydrogens is 436 g/mol. The van der Waals surface area contributed by atoms with Crippen LogP contribution in [0.1, 0.15) is 28.3 Å². The van der Waals surface area contributed by atoms with Crippen molar-refractivity contribution < 1.29 is 23.8 Å². The second kappa shape index (κ2) is 9.27. The van der Waals surface area contributed by atoms with Gasteiger partial charge in [0.1, 0.15) is 0 Å². The molecule has 1 N–H and O–H groups in total. The number of anilines is 1. The van der Waals surface area contributed by atoms with E-state index in [1.807, 2.05) is 19.9 Å². The number of hydrogen-bond donors (Lipinski definition) is 1. The van der Waals surface area contributed by atoms with Gasteiger partial charge in [0.15, 0.2) is 29.6 Å². The summed E-state index contributed by atoms with van der Waals surface area (Å²) in [6.07, 6.45) is 0.781. The Morgan fingerprint density at radius 3 is 2.66 bits per heavy atom. The van der Waals surface area contributed by atoms with Crippen LogP contribution in [0, 0.1) is 13.8 Å². The summed E-state index contributed by atoms with van der Waals surface area (Å²) in [5, 5.41) is 7.12. The number of nitrogens with zero attached hydrogens (tertiary/aromatic N) is 3. The minimum atomic E-state index is -0.813. The molecule has 32 heavy (non-hydrogen) atoms. The molecule has 0 spiro atoms. The van der Waals surface area contributed by atoms with E-state index in [1.165, 1.54) is 6.07 Å². The number of amides is 1. The first kappa shape index (κ1) is 21.6. The average molecular weight is 457 g/mol. The minimum Gasteiger partial charge on any atom is -0.490 e. The predicted molar refractivity (Wildman–Crippen MR) is 117 cm³/mol. The quantitative estimate of drug-likeness (QED) is 0.586. The molecule has 0 bridgehead atoms. The van der Waals surface area contributed by atoms with Gasteiger partial charge < -0.3 is 19.5 Å². The molecule has 1 aliphatic heterocycles. The van der Waals surface area contributed by atoms with E-state index in [1.54, 1.807) is 28.9 Å². The third kappa shape index (κ3) is 4.83. The number of carbonyl (C=O) groups excluding carboxylic acids is 2. The van der Waals surface area contributed by atoms with Crippen molar-refractivity contribution >= 4 is 29.2 Å². The van der Waals surface area contributed by atoms with Crippen molar-refractivity contribution in [3.63, 3.8) is 0 Å². The maximum absolute atomic E-state index is 12.5. The number of aryl methyl sites for hydroxylation is 2. The summed E-state index contributed by atoms with van der Waals surface area (Å²) in [5.41, 5.74) is 2.07. The highest BCUT2D eigenvalue weighted by Crippen LogP contribution is 2.32. The van der Waals surface area contributed by atoms with Gasteiger partial charge in [-0.05, 0) is 44.2 Å². The fourth-order valence-corrected chi connectivity index (χ4v) is 3.37. The molecule has 1 amide bonds. The van der Waals surface area contributed by atoms with Gasteiger partial charge in [0, 0.05) is 23.9 Å². The number of rotatable bonds is 5. The zero-order valence-electron chi connectivity index (χ0n) is 17.6. The first-order valence-corrected chi connectivity index (χ1v) is 10.4. The number of benzene rings is 1. The van der Waals surface area contributed by atoms with E-state index in [0.717, 1.165) is 17.8 Å². The van der Waals surface area contributed by atoms with Crippen molar-refractivity contribution in [1.29, 1.82) is 0 Å². The van der Waals surface area contributed by atoms with Gasteiger partial charge in [0.25, 0.3) is 5.91 Å². The molecule has 2 aromatic heterocycles. The summed E-state index contributed by atoms with van der Waals surface area (Å²) in [6, 6.07) is 10.1. The number of hydrogen-bond acceptors (Lipinski definition) is 7. The van der Waals surface area contributed by atoms with Crippen LogP contribution in [0.4, 0.5) is 5.69 Å². The molecule has 0 fully saturated rings. The van der Waals surface area contributed by atoms with Crippen LogP contribution in [0.15, 0.2) is 36.4 Å². The number of esters is 1. The highest BCUT2D eigenvalue weighted by atomic mass is 35.5. The van der Waals surface area contributed by atoms with Crippen LogP contribution >= 0.6 is 11.6 Å². The highest BCUT2D eigenvalue weighted by molar-refractivity contribution is 6.33. The SMILES string of the molecule is Cc1cc(C)n(-c2ccc(Cl)c(C(=O)OCC(=O)Nc3ccc4c(c3)OCCCO4)n2)n1. The Labute approximate surface area is 189 Å². The first-order chi connectivity index (χ1) is 15.4. The molecule has 0 radical (unpaired) electrons. The molecule has 4 rings (SSSR count). The molecule has 0 saturated heterocycles. The standard InChI is InChI=1S/C22H21ClN4O5/c1-13-10-14(2)27(26-13)19-7-5-16(23)21(25-19)22(29)32-12-20(28)24-15-4-6-17-18(11-15)31-9-3-8-30-17/h4-7,10-11H,3,8-9,12H2,1-2H3,(H,24,28). The molecule has 10 heteroatoms. The lowest BCUT2D eigenvalue weighted by Crippen LogP contribution is -2.22. The first-order valence-electron chi connectivity index (χ1n) is 9.97. The second-order valence-corrected chi connectivity index (χ2v) is 7.58. The van der Waals surface area contributed by atoms with Crippen molar-refractivity contribution in [3.05, 3.63) is 58.5 Å². The number of nitrogens with one attached hydrogen (secondary N) is 1. The van der Waals surface area contributed by atoms with E-state index < -0.39 is 18.5 Å². The highest BCUT2D eigenvalue weighted by Gasteiger charge is 2.18. The third-order valence-electron chi connectivity index (χ3n) is 4.62. The zero-order chi connectivity index (χ0) is 22.7. The Hall–Kier alpha value is -3.59. The minimum absolute atomic E-state index is 0.0971. The van der Waals surface area contributed by atoms with Crippen LogP contribution in [0.25, 0.3) is 5.82 Å². The second-order valence-electron chi connectivity index (χ2n) is 7.18. The number of aromatic nitrogens is 3. The van der Waals surface area contributed by atoms with Gasteiger partial charge in [-0.2, -0.15) is 5.10 Å². The average Bonchev–Trinajstić information content (AvgIpc) is 2.96. The molecule has 0 aliphatic carbocycles. The van der Waals surface area contributed by atoms with Crippen LogP contribution in [0.3, 0.4) is 0 Å². The Balaban J connectivity index is 1.40. The van der Waals surface area contributed by atoms with Crippen molar-refractivity contribution in [2.24, 2.45) is 0 Å². The van der Waals surface area contributed by atoms with E-state index in [4.69, 9.17) is 25.8 Å². The van der Waals surface area contributed by atoms with Crippen LogP contribution in [0.5, 0.6) is 11.5 Å². The summed E-state index contributed by atoms with van der Waals surface area (Å²) in [4.78, 5) is 29.1. The normalized spacial score (nSPS) is 12.7. The van der Waals surface area contributed by atoms with Crippen molar-refractivity contribution in [2.75, 3.05) is 25.1 Å². The Kier molecular flexibility index (Phi) is 6.27. The molecular formula is C22H21ClN4O5. The van der Waals surface area contributed by atoms with E-state index in [0.29, 0.717) is 36.2 Å². The predicted octanol–water partition coefficient (Wildman–Crippen LogP) is 3.49. The summed E-state index contributed by atoms with van der Waals surface area (Å²) >= 11 is 6.13. The number of fused-ring (bicyclic) bond motifs is 1. The molecule has 3 aromatic rings. The smallest absolute Gasteiger partial charge is 0.359 e. The van der Waals surface area contributed by atoms with E-state index >= 15 is 0 Å². The van der Waals surface area contributed by atoms with E-state index in [2.05, 4.69) is 15.4 Å². The van der Waals surface area contributed by atoms with Crippen LogP contribution in [-0.2, 0) is 9.53 Å². The van der Waals surface area contributed by atoms with Crippen LogP contribution in [0.2, 0.25) is 5.02 Å². The monoisotopic (exact) mass is 456 g/mol. The van der Waals surface area contributed by atoms with Crippen molar-refractivity contribution in [3.8, 4) is 17.3 Å². The lowest BCUT2D eigenvalue weighted by atomic mass is 10.2. The van der Waals surface area contributed by atoms with Gasteiger partial charge in [-0.25, -0.2) is 14.5 Å².